The molecule has 6 nitrogen and oxygen atoms in total. The zero-order valence-corrected chi connectivity index (χ0v) is 14.9. The quantitative estimate of drug-likeness (QED) is 0.748. The average molecular weight is 314 g/mol. The molecule has 0 spiro atoms. The second kappa shape index (κ2) is 7.31. The highest BCUT2D eigenvalue weighted by Crippen LogP contribution is 2.21. The lowest BCUT2D eigenvalue weighted by molar-refractivity contribution is -0.152. The standard InChI is InChI=1S/C16H30N2O4/c1-8-21-14(19)13(4)18-11(2)9-17(10-12(18)3)15(20)22-16(5,6)7/h11-13H,8-10H2,1-7H3/t11-,12+,13?. The van der Waals surface area contributed by atoms with Crippen LogP contribution in [0.2, 0.25) is 0 Å². The summed E-state index contributed by atoms with van der Waals surface area (Å²) in [6.07, 6.45) is -0.297. The number of hydrogen-bond donors (Lipinski definition) is 0. The molecule has 3 atom stereocenters. The topological polar surface area (TPSA) is 59.1 Å². The van der Waals surface area contributed by atoms with E-state index in [4.69, 9.17) is 9.47 Å². The zero-order valence-electron chi connectivity index (χ0n) is 14.9. The van der Waals surface area contributed by atoms with Crippen molar-refractivity contribution in [2.24, 2.45) is 0 Å². The first-order valence-electron chi connectivity index (χ1n) is 7.98. The Morgan fingerprint density at radius 1 is 1.18 bits per heavy atom. The summed E-state index contributed by atoms with van der Waals surface area (Å²) >= 11 is 0. The van der Waals surface area contributed by atoms with Crippen molar-refractivity contribution in [1.82, 2.24) is 9.80 Å². The van der Waals surface area contributed by atoms with Gasteiger partial charge >= 0.3 is 12.1 Å². The maximum atomic E-state index is 12.2. The summed E-state index contributed by atoms with van der Waals surface area (Å²) in [5.74, 6) is -0.216. The van der Waals surface area contributed by atoms with Gasteiger partial charge in [-0.1, -0.05) is 0 Å². The molecule has 1 aliphatic heterocycles. The fourth-order valence-electron chi connectivity index (χ4n) is 2.96. The van der Waals surface area contributed by atoms with Crippen molar-refractivity contribution in [2.45, 2.75) is 72.2 Å². The highest BCUT2D eigenvalue weighted by Gasteiger charge is 2.38. The fraction of sp³-hybridized carbons (Fsp3) is 0.875. The van der Waals surface area contributed by atoms with Gasteiger partial charge in [0.25, 0.3) is 0 Å². The van der Waals surface area contributed by atoms with Crippen molar-refractivity contribution < 1.29 is 19.1 Å². The van der Waals surface area contributed by atoms with Crippen molar-refractivity contribution in [3.63, 3.8) is 0 Å². The number of rotatable bonds is 3. The maximum absolute atomic E-state index is 12.2. The predicted molar refractivity (Wildman–Crippen MR) is 84.7 cm³/mol. The second-order valence-electron chi connectivity index (χ2n) is 6.96. The Morgan fingerprint density at radius 2 is 1.68 bits per heavy atom. The monoisotopic (exact) mass is 314 g/mol. The summed E-state index contributed by atoms with van der Waals surface area (Å²) in [7, 11) is 0. The average Bonchev–Trinajstić information content (AvgIpc) is 2.35. The first-order valence-corrected chi connectivity index (χ1v) is 7.98. The third-order valence-electron chi connectivity index (χ3n) is 3.71. The summed E-state index contributed by atoms with van der Waals surface area (Å²) in [5, 5.41) is 0. The molecule has 1 aliphatic rings. The van der Waals surface area contributed by atoms with E-state index in [1.54, 1.807) is 11.8 Å². The summed E-state index contributed by atoms with van der Waals surface area (Å²) in [5.41, 5.74) is -0.501. The molecule has 1 unspecified atom stereocenters. The molecule has 1 saturated heterocycles. The molecule has 1 fully saturated rings. The van der Waals surface area contributed by atoms with E-state index in [-0.39, 0.29) is 30.2 Å². The van der Waals surface area contributed by atoms with Crippen LogP contribution in [0.1, 0.15) is 48.5 Å². The Balaban J connectivity index is 2.72. The van der Waals surface area contributed by atoms with Gasteiger partial charge in [-0.05, 0) is 48.5 Å². The predicted octanol–water partition coefficient (Wildman–Crippen LogP) is 2.27. The van der Waals surface area contributed by atoms with Crippen LogP contribution in [-0.2, 0) is 14.3 Å². The number of hydrogen-bond acceptors (Lipinski definition) is 5. The van der Waals surface area contributed by atoms with Gasteiger partial charge in [0.05, 0.1) is 6.61 Å². The molecule has 128 valence electrons. The van der Waals surface area contributed by atoms with Gasteiger partial charge in [-0.2, -0.15) is 0 Å². The number of esters is 1. The van der Waals surface area contributed by atoms with Crippen molar-refractivity contribution in [1.29, 1.82) is 0 Å². The molecule has 22 heavy (non-hydrogen) atoms. The van der Waals surface area contributed by atoms with Gasteiger partial charge in [-0.3, -0.25) is 9.69 Å². The summed E-state index contributed by atoms with van der Waals surface area (Å²) in [6, 6.07) is -0.183. The Kier molecular flexibility index (Phi) is 6.23. The molecule has 0 aromatic heterocycles. The van der Waals surface area contributed by atoms with Crippen LogP contribution in [0.5, 0.6) is 0 Å². The van der Waals surface area contributed by atoms with E-state index in [2.05, 4.69) is 4.90 Å². The summed E-state index contributed by atoms with van der Waals surface area (Å²) in [6.45, 7) is 14.7. The third-order valence-corrected chi connectivity index (χ3v) is 3.71. The van der Waals surface area contributed by atoms with Crippen LogP contribution in [0.3, 0.4) is 0 Å². The van der Waals surface area contributed by atoms with Gasteiger partial charge < -0.3 is 14.4 Å². The van der Waals surface area contributed by atoms with E-state index >= 15 is 0 Å². The molecule has 1 amide bonds. The molecule has 0 radical (unpaired) electrons. The van der Waals surface area contributed by atoms with Crippen LogP contribution >= 0.6 is 0 Å². The minimum Gasteiger partial charge on any atom is -0.465 e. The zero-order chi connectivity index (χ0) is 17.1. The first-order chi connectivity index (χ1) is 10.1. The second-order valence-corrected chi connectivity index (χ2v) is 6.96. The normalized spacial score (nSPS) is 24.8. The number of piperazine rings is 1. The van der Waals surface area contributed by atoms with Crippen LogP contribution in [0, 0.1) is 0 Å². The van der Waals surface area contributed by atoms with Crippen LogP contribution in [0.4, 0.5) is 4.79 Å². The Morgan fingerprint density at radius 3 is 2.09 bits per heavy atom. The van der Waals surface area contributed by atoms with Crippen molar-refractivity contribution in [3.05, 3.63) is 0 Å². The van der Waals surface area contributed by atoms with Gasteiger partial charge in [-0.25, -0.2) is 4.79 Å². The van der Waals surface area contributed by atoms with Crippen LogP contribution in [0.15, 0.2) is 0 Å². The van der Waals surface area contributed by atoms with E-state index in [0.29, 0.717) is 19.7 Å². The SMILES string of the molecule is CCOC(=O)C(C)N1[C@H](C)CN(C(=O)OC(C)(C)C)C[C@@H]1C. The molecule has 1 heterocycles. The Hall–Kier alpha value is -1.30. The third kappa shape index (κ3) is 4.87. The van der Waals surface area contributed by atoms with E-state index in [1.807, 2.05) is 41.5 Å². The molecule has 0 bridgehead atoms. The minimum atomic E-state index is -0.501. The van der Waals surface area contributed by atoms with Crippen molar-refractivity contribution >= 4 is 12.1 Å². The van der Waals surface area contributed by atoms with Gasteiger partial charge in [0, 0.05) is 25.2 Å². The van der Waals surface area contributed by atoms with Gasteiger partial charge in [0.2, 0.25) is 0 Å². The molecule has 0 aromatic rings. The van der Waals surface area contributed by atoms with Crippen LogP contribution in [-0.4, -0.2) is 65.3 Å². The lowest BCUT2D eigenvalue weighted by Crippen LogP contribution is -2.62. The first kappa shape index (κ1) is 18.7. The number of nitrogens with zero attached hydrogens (tertiary/aromatic N) is 2. The number of carbonyl (C=O) groups is 2. The maximum Gasteiger partial charge on any atom is 0.410 e. The van der Waals surface area contributed by atoms with E-state index in [1.165, 1.54) is 0 Å². The number of ether oxygens (including phenoxy) is 2. The fourth-order valence-corrected chi connectivity index (χ4v) is 2.96. The molecule has 0 aromatic carbocycles. The molecular weight excluding hydrogens is 284 g/mol. The largest absolute Gasteiger partial charge is 0.465 e. The highest BCUT2D eigenvalue weighted by atomic mass is 16.6. The molecule has 0 saturated carbocycles. The van der Waals surface area contributed by atoms with Crippen LogP contribution < -0.4 is 0 Å². The number of amides is 1. The van der Waals surface area contributed by atoms with Gasteiger partial charge in [0.15, 0.2) is 0 Å². The molecule has 0 aliphatic carbocycles. The lowest BCUT2D eigenvalue weighted by atomic mass is 10.1. The summed E-state index contributed by atoms with van der Waals surface area (Å²) in [4.78, 5) is 28.0. The molecule has 1 rings (SSSR count). The number of carbonyl (C=O) groups excluding carboxylic acids is 2. The van der Waals surface area contributed by atoms with Gasteiger partial charge in [0.1, 0.15) is 11.6 Å². The smallest absolute Gasteiger partial charge is 0.410 e. The van der Waals surface area contributed by atoms with Crippen molar-refractivity contribution in [2.75, 3.05) is 19.7 Å². The molecule has 0 N–H and O–H groups in total. The minimum absolute atomic E-state index is 0.0654. The Bertz CT molecular complexity index is 393. The molecule has 6 heteroatoms. The lowest BCUT2D eigenvalue weighted by Gasteiger charge is -2.46. The van der Waals surface area contributed by atoms with E-state index in [0.717, 1.165) is 0 Å². The van der Waals surface area contributed by atoms with E-state index in [9.17, 15) is 9.59 Å². The van der Waals surface area contributed by atoms with E-state index < -0.39 is 5.60 Å². The van der Waals surface area contributed by atoms with Crippen LogP contribution in [0.25, 0.3) is 0 Å². The van der Waals surface area contributed by atoms with Crippen molar-refractivity contribution in [3.8, 4) is 0 Å². The molecular formula is C16H30N2O4. The Labute approximate surface area is 133 Å². The van der Waals surface area contributed by atoms with Gasteiger partial charge in [-0.15, -0.1) is 0 Å². The summed E-state index contributed by atoms with van der Waals surface area (Å²) < 4.78 is 10.5. The highest BCUT2D eigenvalue weighted by molar-refractivity contribution is 5.75.